The fourth-order valence-electron chi connectivity index (χ4n) is 3.78. The normalized spacial score (nSPS) is 18.3. The predicted molar refractivity (Wildman–Crippen MR) is 123 cm³/mol. The molecule has 1 saturated heterocycles. The monoisotopic (exact) mass is 510 g/mol. The molecular weight excluding hydrogens is 480 g/mol. The molecule has 3 N–H and O–H groups in total. The molecule has 1 atom stereocenters. The minimum absolute atomic E-state index is 0.0246. The largest absolute Gasteiger partial charge is 0.444 e. The topological polar surface area (TPSA) is 160 Å². The molecule has 0 bridgehead atoms. The first-order valence-corrected chi connectivity index (χ1v) is 12.7. The minimum Gasteiger partial charge on any atom is -0.444 e. The van der Waals surface area contributed by atoms with Gasteiger partial charge in [-0.05, 0) is 39.3 Å². The molecule has 35 heavy (non-hydrogen) atoms. The highest BCUT2D eigenvalue weighted by molar-refractivity contribution is 7.89. The van der Waals surface area contributed by atoms with E-state index < -0.39 is 45.5 Å². The lowest BCUT2D eigenvalue weighted by Gasteiger charge is -2.29. The van der Waals surface area contributed by atoms with E-state index >= 15 is 0 Å². The Balaban J connectivity index is 1.52. The van der Waals surface area contributed by atoms with Gasteiger partial charge in [-0.1, -0.05) is 6.07 Å². The van der Waals surface area contributed by atoms with Crippen LogP contribution in [0.15, 0.2) is 23.1 Å². The zero-order valence-corrected chi connectivity index (χ0v) is 20.7. The number of hydrogen-bond donors (Lipinski definition) is 3. The highest BCUT2D eigenvalue weighted by Gasteiger charge is 2.41. The molecule has 1 aromatic rings. The second-order valence-electron chi connectivity index (χ2n) is 9.12. The molecule has 2 heterocycles. The van der Waals surface area contributed by atoms with Crippen molar-refractivity contribution in [3.63, 3.8) is 0 Å². The number of ether oxygens (including phenoxy) is 2. The predicted octanol–water partition coefficient (Wildman–Crippen LogP) is 0.267. The number of sulfonamides is 1. The molecule has 4 amide bonds. The second-order valence-corrected chi connectivity index (χ2v) is 10.9. The first-order valence-electron chi connectivity index (χ1n) is 11.2. The number of alkyl carbamates (subject to hydrolysis) is 1. The summed E-state index contributed by atoms with van der Waals surface area (Å²) in [5.74, 6) is -1.42. The van der Waals surface area contributed by atoms with Crippen molar-refractivity contribution in [3.8, 4) is 0 Å². The molecule has 0 radical (unpaired) electrons. The average Bonchev–Trinajstić information content (AvgIpc) is 3.08. The number of piperidine rings is 1. The van der Waals surface area contributed by atoms with E-state index in [2.05, 4.69) is 15.4 Å². The van der Waals surface area contributed by atoms with Crippen LogP contribution >= 0.6 is 0 Å². The Hall–Kier alpha value is -3.03. The summed E-state index contributed by atoms with van der Waals surface area (Å²) in [5.41, 5.74) is -0.0936. The number of carbonyl (C=O) groups excluding carboxylic acids is 4. The van der Waals surface area contributed by atoms with Gasteiger partial charge in [0.1, 0.15) is 11.6 Å². The molecule has 0 aliphatic carbocycles. The summed E-state index contributed by atoms with van der Waals surface area (Å²) in [6.45, 7) is 5.60. The van der Waals surface area contributed by atoms with Crippen molar-refractivity contribution in [2.24, 2.45) is 0 Å². The van der Waals surface area contributed by atoms with E-state index in [4.69, 9.17) is 9.47 Å². The van der Waals surface area contributed by atoms with Crippen LogP contribution in [-0.4, -0.2) is 75.1 Å². The fraction of sp³-hybridized carbons (Fsp3) is 0.545. The molecule has 2 aliphatic heterocycles. The maximum atomic E-state index is 12.9. The van der Waals surface area contributed by atoms with Crippen molar-refractivity contribution < 1.29 is 37.1 Å². The van der Waals surface area contributed by atoms with Crippen LogP contribution in [0, 0.1) is 0 Å². The van der Waals surface area contributed by atoms with Gasteiger partial charge in [-0.25, -0.2) is 17.9 Å². The lowest BCUT2D eigenvalue weighted by atomic mass is 10.0. The van der Waals surface area contributed by atoms with Gasteiger partial charge in [-0.15, -0.1) is 0 Å². The summed E-state index contributed by atoms with van der Waals surface area (Å²) >= 11 is 0. The zero-order chi connectivity index (χ0) is 25.8. The van der Waals surface area contributed by atoms with Gasteiger partial charge < -0.3 is 19.7 Å². The van der Waals surface area contributed by atoms with Crippen LogP contribution in [-0.2, 0) is 35.6 Å². The van der Waals surface area contributed by atoms with Gasteiger partial charge in [0, 0.05) is 37.2 Å². The van der Waals surface area contributed by atoms with E-state index in [1.165, 1.54) is 23.1 Å². The Morgan fingerprint density at radius 2 is 1.89 bits per heavy atom. The lowest BCUT2D eigenvalue weighted by molar-refractivity contribution is -0.136. The van der Waals surface area contributed by atoms with Gasteiger partial charge in [-0.2, -0.15) is 0 Å². The second kappa shape index (κ2) is 10.7. The summed E-state index contributed by atoms with van der Waals surface area (Å²) < 4.78 is 38.7. The van der Waals surface area contributed by atoms with Gasteiger partial charge in [0.25, 0.3) is 5.91 Å². The lowest BCUT2D eigenvalue weighted by Crippen LogP contribution is -2.52. The van der Waals surface area contributed by atoms with Crippen LogP contribution in [0.1, 0.15) is 49.5 Å². The Morgan fingerprint density at radius 1 is 1.17 bits per heavy atom. The SMILES string of the molecule is CC(C)(C)OC(=O)NCCOCCNS(=O)(=O)c1cccc2c1CN(C1CCC(=O)NC1=O)C2=O. The third kappa shape index (κ3) is 6.77. The average molecular weight is 511 g/mol. The number of imide groups is 1. The van der Waals surface area contributed by atoms with Gasteiger partial charge in [0.15, 0.2) is 0 Å². The Bertz CT molecular complexity index is 1110. The molecule has 0 aromatic heterocycles. The fourth-order valence-corrected chi connectivity index (χ4v) is 5.04. The zero-order valence-electron chi connectivity index (χ0n) is 19.9. The minimum atomic E-state index is -3.97. The van der Waals surface area contributed by atoms with E-state index in [0.717, 1.165) is 0 Å². The number of nitrogens with one attached hydrogen (secondary N) is 3. The summed E-state index contributed by atoms with van der Waals surface area (Å²) in [5, 5.41) is 4.75. The number of carbonyl (C=O) groups is 4. The number of amides is 4. The molecule has 1 unspecified atom stereocenters. The third-order valence-electron chi connectivity index (χ3n) is 5.28. The van der Waals surface area contributed by atoms with E-state index in [0.29, 0.717) is 5.56 Å². The molecule has 1 aromatic carbocycles. The summed E-state index contributed by atoms with van der Waals surface area (Å²) in [6.07, 6.45) is -0.276. The third-order valence-corrected chi connectivity index (χ3v) is 6.83. The van der Waals surface area contributed by atoms with Crippen molar-refractivity contribution in [2.75, 3.05) is 26.3 Å². The summed E-state index contributed by atoms with van der Waals surface area (Å²) in [7, 11) is -3.97. The highest BCUT2D eigenvalue weighted by Crippen LogP contribution is 2.31. The van der Waals surface area contributed by atoms with Crippen LogP contribution in [0.25, 0.3) is 0 Å². The first kappa shape index (κ1) is 26.6. The molecule has 3 rings (SSSR count). The first-order chi connectivity index (χ1) is 16.4. The highest BCUT2D eigenvalue weighted by atomic mass is 32.2. The van der Waals surface area contributed by atoms with Crippen LogP contribution < -0.4 is 15.4 Å². The van der Waals surface area contributed by atoms with Crippen molar-refractivity contribution in [3.05, 3.63) is 29.3 Å². The number of nitrogens with zero attached hydrogens (tertiary/aromatic N) is 1. The van der Waals surface area contributed by atoms with Gasteiger partial charge >= 0.3 is 6.09 Å². The molecule has 192 valence electrons. The van der Waals surface area contributed by atoms with Crippen LogP contribution in [0.4, 0.5) is 4.79 Å². The van der Waals surface area contributed by atoms with Crippen LogP contribution in [0.5, 0.6) is 0 Å². The smallest absolute Gasteiger partial charge is 0.407 e. The number of fused-ring (bicyclic) bond motifs is 1. The summed E-state index contributed by atoms with van der Waals surface area (Å²) in [4.78, 5) is 49.3. The number of rotatable bonds is 9. The van der Waals surface area contributed by atoms with Crippen LogP contribution in [0.3, 0.4) is 0 Å². The van der Waals surface area contributed by atoms with Crippen molar-refractivity contribution in [2.45, 2.75) is 56.7 Å². The maximum absolute atomic E-state index is 12.9. The van der Waals surface area contributed by atoms with E-state index in [-0.39, 0.29) is 56.1 Å². The molecule has 0 saturated carbocycles. The molecule has 13 heteroatoms. The Kier molecular flexibility index (Phi) is 8.13. The molecular formula is C22H30N4O8S. The molecule has 2 aliphatic rings. The maximum Gasteiger partial charge on any atom is 0.407 e. The van der Waals surface area contributed by atoms with Crippen molar-refractivity contribution in [1.29, 1.82) is 0 Å². The Labute approximate surface area is 203 Å². The van der Waals surface area contributed by atoms with Crippen molar-refractivity contribution >= 4 is 33.8 Å². The van der Waals surface area contributed by atoms with E-state index in [1.54, 1.807) is 20.8 Å². The molecule has 12 nitrogen and oxygen atoms in total. The Morgan fingerprint density at radius 3 is 2.57 bits per heavy atom. The van der Waals surface area contributed by atoms with Gasteiger partial charge in [0.05, 0.1) is 18.1 Å². The van der Waals surface area contributed by atoms with E-state index in [9.17, 15) is 27.6 Å². The number of hydrogen-bond acceptors (Lipinski definition) is 8. The molecule has 0 spiro atoms. The number of benzene rings is 1. The van der Waals surface area contributed by atoms with E-state index in [1.807, 2.05) is 0 Å². The van der Waals surface area contributed by atoms with Crippen LogP contribution in [0.2, 0.25) is 0 Å². The van der Waals surface area contributed by atoms with Gasteiger partial charge in [0.2, 0.25) is 21.8 Å². The van der Waals surface area contributed by atoms with Crippen molar-refractivity contribution in [1.82, 2.24) is 20.3 Å². The quantitative estimate of drug-likeness (QED) is 0.315. The standard InChI is InChI=1S/C22H30N4O8S/c1-22(2,3)34-21(30)23-9-11-33-12-10-24-35(31,32)17-6-4-5-14-15(17)13-26(20(14)29)16-7-8-18(27)25-19(16)28/h4-6,16,24H,7-13H2,1-3H3,(H,23,30)(H,25,27,28). The summed E-state index contributed by atoms with van der Waals surface area (Å²) in [6, 6.07) is 3.55. The van der Waals surface area contributed by atoms with Gasteiger partial charge in [-0.3, -0.25) is 19.7 Å². The molecule has 1 fully saturated rings.